The first kappa shape index (κ1) is 19.2. The molecule has 7 aromatic rings. The monoisotopic (exact) mass is 436 g/mol. The number of hydrogen-bond donors (Lipinski definition) is 0. The Bertz CT molecular complexity index is 1850. The molecule has 0 fully saturated rings. The zero-order chi connectivity index (χ0) is 22.8. The molecule has 34 heavy (non-hydrogen) atoms. The van der Waals surface area contributed by atoms with Crippen LogP contribution in [-0.4, -0.2) is 9.13 Å². The van der Waals surface area contributed by atoms with Gasteiger partial charge in [0, 0.05) is 32.9 Å². The largest absolute Gasteiger partial charge is 0.309 e. The number of rotatable bonds is 2. The van der Waals surface area contributed by atoms with Crippen molar-refractivity contribution >= 4 is 43.6 Å². The number of aromatic nitrogens is 2. The van der Waals surface area contributed by atoms with E-state index in [4.69, 9.17) is 0 Å². The predicted molar refractivity (Wildman–Crippen MR) is 145 cm³/mol. The van der Waals surface area contributed by atoms with Crippen molar-refractivity contribution in [2.24, 2.45) is 0 Å². The number of aryl methyl sites for hydroxylation is 2. The van der Waals surface area contributed by atoms with Gasteiger partial charge in [0.1, 0.15) is 0 Å². The maximum absolute atomic E-state index is 2.44. The summed E-state index contributed by atoms with van der Waals surface area (Å²) in [6, 6.07) is 39.8. The number of hydrogen-bond acceptors (Lipinski definition) is 0. The SMILES string of the molecule is Cc1ccc(-n2c3ccccc3c3c2ccc2c4ccccc4n(-c4ccc(C)cc4)c23)cc1. The average molecular weight is 437 g/mol. The number of fused-ring (bicyclic) bond motifs is 7. The summed E-state index contributed by atoms with van der Waals surface area (Å²) in [5, 5.41) is 5.15. The van der Waals surface area contributed by atoms with Gasteiger partial charge in [0.2, 0.25) is 0 Å². The van der Waals surface area contributed by atoms with Gasteiger partial charge in [0.05, 0.1) is 22.1 Å². The smallest absolute Gasteiger partial charge is 0.0641 e. The highest BCUT2D eigenvalue weighted by atomic mass is 15.0. The third-order valence-electron chi connectivity index (χ3n) is 7.05. The molecule has 0 atom stereocenters. The van der Waals surface area contributed by atoms with Crippen molar-refractivity contribution in [1.82, 2.24) is 9.13 Å². The van der Waals surface area contributed by atoms with Crippen molar-refractivity contribution in [2.75, 3.05) is 0 Å². The molecule has 162 valence electrons. The van der Waals surface area contributed by atoms with Crippen LogP contribution in [0.25, 0.3) is 55.0 Å². The van der Waals surface area contributed by atoms with Crippen LogP contribution < -0.4 is 0 Å². The van der Waals surface area contributed by atoms with Gasteiger partial charge in [-0.15, -0.1) is 0 Å². The van der Waals surface area contributed by atoms with Gasteiger partial charge in [0.25, 0.3) is 0 Å². The van der Waals surface area contributed by atoms with Crippen molar-refractivity contribution in [3.05, 3.63) is 120 Å². The van der Waals surface area contributed by atoms with E-state index in [2.05, 4.69) is 132 Å². The molecule has 0 bridgehead atoms. The molecular formula is C32H24N2. The zero-order valence-electron chi connectivity index (χ0n) is 19.3. The molecule has 2 heterocycles. The summed E-state index contributed by atoms with van der Waals surface area (Å²) < 4.78 is 4.85. The normalized spacial score (nSPS) is 11.8. The van der Waals surface area contributed by atoms with Crippen LogP contribution in [0.4, 0.5) is 0 Å². The van der Waals surface area contributed by atoms with Crippen molar-refractivity contribution < 1.29 is 0 Å². The molecule has 0 radical (unpaired) electrons. The summed E-state index contributed by atoms with van der Waals surface area (Å²) in [7, 11) is 0. The van der Waals surface area contributed by atoms with Crippen molar-refractivity contribution in [3.8, 4) is 11.4 Å². The number of para-hydroxylation sites is 2. The molecule has 5 aromatic carbocycles. The van der Waals surface area contributed by atoms with Gasteiger partial charge in [-0.25, -0.2) is 0 Å². The molecule has 0 aliphatic rings. The van der Waals surface area contributed by atoms with Crippen LogP contribution in [-0.2, 0) is 0 Å². The van der Waals surface area contributed by atoms with Gasteiger partial charge in [-0.3, -0.25) is 0 Å². The third-order valence-corrected chi connectivity index (χ3v) is 7.05. The fraction of sp³-hybridized carbons (Fsp3) is 0.0625. The summed E-state index contributed by atoms with van der Waals surface area (Å²) in [4.78, 5) is 0. The predicted octanol–water partition coefficient (Wildman–Crippen LogP) is 8.50. The van der Waals surface area contributed by atoms with Crippen LogP contribution in [0, 0.1) is 13.8 Å². The topological polar surface area (TPSA) is 9.86 Å². The fourth-order valence-corrected chi connectivity index (χ4v) is 5.44. The second-order valence-corrected chi connectivity index (χ2v) is 9.23. The minimum Gasteiger partial charge on any atom is -0.309 e. The number of nitrogens with zero attached hydrogens (tertiary/aromatic N) is 2. The lowest BCUT2D eigenvalue weighted by Gasteiger charge is -2.10. The molecule has 0 saturated heterocycles. The Labute approximate surface area is 198 Å². The molecule has 0 unspecified atom stereocenters. The molecule has 2 heteroatoms. The highest BCUT2D eigenvalue weighted by Crippen LogP contribution is 2.41. The van der Waals surface area contributed by atoms with Crippen LogP contribution in [0.2, 0.25) is 0 Å². The van der Waals surface area contributed by atoms with Crippen molar-refractivity contribution in [2.45, 2.75) is 13.8 Å². The second kappa shape index (κ2) is 7.10. The Morgan fingerprint density at radius 1 is 0.412 bits per heavy atom. The Kier molecular flexibility index (Phi) is 4.01. The molecule has 0 amide bonds. The molecule has 0 aliphatic heterocycles. The minimum atomic E-state index is 1.19. The van der Waals surface area contributed by atoms with Crippen LogP contribution in [0.1, 0.15) is 11.1 Å². The molecule has 2 nitrogen and oxygen atoms in total. The molecular weight excluding hydrogens is 412 g/mol. The van der Waals surface area contributed by atoms with E-state index in [0.29, 0.717) is 0 Å². The van der Waals surface area contributed by atoms with E-state index in [1.165, 1.54) is 66.1 Å². The second-order valence-electron chi connectivity index (χ2n) is 9.23. The number of benzene rings is 5. The van der Waals surface area contributed by atoms with E-state index in [1.807, 2.05) is 0 Å². The Morgan fingerprint density at radius 3 is 1.59 bits per heavy atom. The average Bonchev–Trinajstić information content (AvgIpc) is 3.38. The van der Waals surface area contributed by atoms with Crippen LogP contribution >= 0.6 is 0 Å². The summed E-state index contributed by atoms with van der Waals surface area (Å²) in [5.41, 5.74) is 9.89. The molecule has 2 aromatic heterocycles. The standard InChI is InChI=1S/C32H24N2/c1-21-11-15-23(16-12-21)33-29-10-6-4-8-27(29)31-30(33)20-19-26-25-7-3-5-9-28(25)34(32(26)31)24-17-13-22(2)14-18-24/h3-20H,1-2H3. The Morgan fingerprint density at radius 2 is 0.941 bits per heavy atom. The lowest BCUT2D eigenvalue weighted by atomic mass is 10.1. The maximum atomic E-state index is 2.44. The van der Waals surface area contributed by atoms with E-state index in [9.17, 15) is 0 Å². The van der Waals surface area contributed by atoms with Gasteiger partial charge in [0.15, 0.2) is 0 Å². The van der Waals surface area contributed by atoms with Crippen LogP contribution in [0.3, 0.4) is 0 Å². The first-order chi connectivity index (χ1) is 16.7. The van der Waals surface area contributed by atoms with E-state index in [0.717, 1.165) is 0 Å². The zero-order valence-corrected chi connectivity index (χ0v) is 19.3. The molecule has 0 saturated carbocycles. The van der Waals surface area contributed by atoms with E-state index < -0.39 is 0 Å². The molecule has 0 spiro atoms. The summed E-state index contributed by atoms with van der Waals surface area (Å²) >= 11 is 0. The van der Waals surface area contributed by atoms with Crippen LogP contribution in [0.5, 0.6) is 0 Å². The van der Waals surface area contributed by atoms with Crippen molar-refractivity contribution in [1.29, 1.82) is 0 Å². The van der Waals surface area contributed by atoms with E-state index in [-0.39, 0.29) is 0 Å². The first-order valence-electron chi connectivity index (χ1n) is 11.8. The van der Waals surface area contributed by atoms with Gasteiger partial charge in [-0.1, -0.05) is 77.9 Å². The van der Waals surface area contributed by atoms with E-state index in [1.54, 1.807) is 0 Å². The quantitative estimate of drug-likeness (QED) is 0.257. The fourth-order valence-electron chi connectivity index (χ4n) is 5.44. The summed E-state index contributed by atoms with van der Waals surface area (Å²) in [6.07, 6.45) is 0. The third kappa shape index (κ3) is 2.63. The van der Waals surface area contributed by atoms with Gasteiger partial charge in [-0.2, -0.15) is 0 Å². The summed E-state index contributed by atoms with van der Waals surface area (Å²) in [5.74, 6) is 0. The Hall–Kier alpha value is -4.30. The minimum absolute atomic E-state index is 1.19. The Balaban J connectivity index is 1.73. The van der Waals surface area contributed by atoms with Gasteiger partial charge < -0.3 is 9.13 Å². The van der Waals surface area contributed by atoms with Gasteiger partial charge >= 0.3 is 0 Å². The first-order valence-corrected chi connectivity index (χ1v) is 11.8. The van der Waals surface area contributed by atoms with Crippen LogP contribution in [0.15, 0.2) is 109 Å². The highest BCUT2D eigenvalue weighted by Gasteiger charge is 2.20. The highest BCUT2D eigenvalue weighted by molar-refractivity contribution is 6.26. The van der Waals surface area contributed by atoms with Crippen molar-refractivity contribution in [3.63, 3.8) is 0 Å². The van der Waals surface area contributed by atoms with E-state index >= 15 is 0 Å². The lowest BCUT2D eigenvalue weighted by Crippen LogP contribution is -1.95. The van der Waals surface area contributed by atoms with Gasteiger partial charge in [-0.05, 0) is 56.3 Å². The molecule has 0 N–H and O–H groups in total. The molecule has 0 aliphatic carbocycles. The lowest BCUT2D eigenvalue weighted by molar-refractivity contribution is 1.17. The molecule has 7 rings (SSSR count). The maximum Gasteiger partial charge on any atom is 0.0641 e. The summed E-state index contributed by atoms with van der Waals surface area (Å²) in [6.45, 7) is 4.28.